The molecule has 0 spiro atoms. The van der Waals surface area contributed by atoms with Crippen LogP contribution in [0.3, 0.4) is 0 Å². The van der Waals surface area contributed by atoms with Crippen LogP contribution in [0, 0.1) is 6.92 Å². The summed E-state index contributed by atoms with van der Waals surface area (Å²) in [5.74, 6) is 1.71. The lowest BCUT2D eigenvalue weighted by molar-refractivity contribution is -0.136. The quantitative estimate of drug-likeness (QED) is 0.925. The molecular weight excluding hydrogens is 294 g/mol. The predicted octanol–water partition coefficient (Wildman–Crippen LogP) is 1.53. The summed E-state index contributed by atoms with van der Waals surface area (Å²) in [4.78, 5) is 30.3. The lowest BCUT2D eigenvalue weighted by Crippen LogP contribution is -2.41. The van der Waals surface area contributed by atoms with Crippen LogP contribution in [0.15, 0.2) is 18.5 Å². The Balaban J connectivity index is 1.82. The number of H-pyrrole nitrogens is 1. The van der Waals surface area contributed by atoms with Crippen molar-refractivity contribution in [3.63, 3.8) is 0 Å². The Morgan fingerprint density at radius 1 is 1.48 bits per heavy atom. The molecule has 0 unspecified atom stereocenters. The molecule has 1 aliphatic heterocycles. The Hall–Kier alpha value is -2.28. The summed E-state index contributed by atoms with van der Waals surface area (Å²) in [7, 11) is 1.54. The van der Waals surface area contributed by atoms with Gasteiger partial charge in [-0.2, -0.15) is 0 Å². The maximum Gasteiger partial charge on any atom is 0.248 e. The molecule has 23 heavy (non-hydrogen) atoms. The Morgan fingerprint density at radius 3 is 3.09 bits per heavy atom. The summed E-state index contributed by atoms with van der Waals surface area (Å²) in [5.41, 5.74) is 1.76. The average Bonchev–Trinajstić information content (AvgIpc) is 3.09. The fourth-order valence-electron chi connectivity index (χ4n) is 2.99. The minimum absolute atomic E-state index is 0.0363. The number of hydrogen-bond donors (Lipinski definition) is 1. The molecule has 2 aromatic rings. The van der Waals surface area contributed by atoms with Crippen molar-refractivity contribution in [1.82, 2.24) is 24.8 Å². The van der Waals surface area contributed by atoms with Crippen molar-refractivity contribution in [1.29, 1.82) is 0 Å². The van der Waals surface area contributed by atoms with E-state index in [2.05, 4.69) is 19.9 Å². The number of aromatic nitrogens is 4. The molecule has 3 heterocycles. The highest BCUT2D eigenvalue weighted by Crippen LogP contribution is 2.27. The molecule has 122 valence electrons. The van der Waals surface area contributed by atoms with Gasteiger partial charge in [-0.3, -0.25) is 4.79 Å². The first-order valence-electron chi connectivity index (χ1n) is 7.79. The monoisotopic (exact) mass is 315 g/mol. The first-order valence-corrected chi connectivity index (χ1v) is 7.79. The highest BCUT2D eigenvalue weighted by molar-refractivity contribution is 5.77. The number of methoxy groups -OCH3 is 1. The molecule has 1 N–H and O–H groups in total. The van der Waals surface area contributed by atoms with Crippen LogP contribution in [0.1, 0.15) is 30.3 Å². The summed E-state index contributed by atoms with van der Waals surface area (Å²) in [6.45, 7) is 3.48. The van der Waals surface area contributed by atoms with Crippen LogP contribution in [0.4, 0.5) is 0 Å². The summed E-state index contributed by atoms with van der Waals surface area (Å²) in [6.07, 6.45) is 5.47. The van der Waals surface area contributed by atoms with Crippen molar-refractivity contribution in [2.75, 3.05) is 26.8 Å². The number of aromatic amines is 1. The average molecular weight is 315 g/mol. The number of ether oxygens (including phenoxy) is 1. The van der Waals surface area contributed by atoms with Gasteiger partial charge in [0.2, 0.25) is 5.91 Å². The van der Waals surface area contributed by atoms with E-state index in [1.807, 2.05) is 17.9 Å². The maximum atomic E-state index is 12.0. The van der Waals surface area contributed by atoms with Gasteiger partial charge in [0, 0.05) is 44.2 Å². The molecule has 2 aromatic heterocycles. The number of carbonyl (C=O) groups excluding carboxylic acids is 1. The Morgan fingerprint density at radius 2 is 2.35 bits per heavy atom. The van der Waals surface area contributed by atoms with E-state index in [9.17, 15) is 4.79 Å². The number of amides is 1. The van der Waals surface area contributed by atoms with E-state index in [1.54, 1.807) is 19.5 Å². The molecule has 1 saturated heterocycles. The lowest BCUT2D eigenvalue weighted by atomic mass is 9.94. The molecule has 1 atom stereocenters. The fourth-order valence-corrected chi connectivity index (χ4v) is 2.99. The zero-order chi connectivity index (χ0) is 16.2. The molecule has 0 aliphatic carbocycles. The second kappa shape index (κ2) is 6.87. The normalized spacial score (nSPS) is 18.2. The van der Waals surface area contributed by atoms with E-state index in [4.69, 9.17) is 4.74 Å². The molecule has 1 amide bonds. The van der Waals surface area contributed by atoms with Crippen molar-refractivity contribution in [2.45, 2.75) is 25.7 Å². The summed E-state index contributed by atoms with van der Waals surface area (Å²) >= 11 is 0. The van der Waals surface area contributed by atoms with E-state index in [-0.39, 0.29) is 18.4 Å². The van der Waals surface area contributed by atoms with Crippen molar-refractivity contribution < 1.29 is 9.53 Å². The Kier molecular flexibility index (Phi) is 4.66. The van der Waals surface area contributed by atoms with E-state index in [0.29, 0.717) is 12.4 Å². The second-order valence-electron chi connectivity index (χ2n) is 5.77. The van der Waals surface area contributed by atoms with E-state index < -0.39 is 0 Å². The van der Waals surface area contributed by atoms with Gasteiger partial charge in [-0.1, -0.05) is 0 Å². The van der Waals surface area contributed by atoms with Crippen LogP contribution in [0.5, 0.6) is 0 Å². The number of piperidine rings is 1. The smallest absolute Gasteiger partial charge is 0.248 e. The number of likely N-dealkylation sites (tertiary alicyclic amines) is 1. The largest absolute Gasteiger partial charge is 0.375 e. The van der Waals surface area contributed by atoms with Crippen LogP contribution in [-0.4, -0.2) is 57.5 Å². The van der Waals surface area contributed by atoms with Crippen molar-refractivity contribution in [3.8, 4) is 11.5 Å². The van der Waals surface area contributed by atoms with Gasteiger partial charge < -0.3 is 14.6 Å². The number of rotatable bonds is 4. The van der Waals surface area contributed by atoms with Gasteiger partial charge in [0.05, 0.1) is 0 Å². The van der Waals surface area contributed by atoms with Gasteiger partial charge in [-0.05, 0) is 25.8 Å². The van der Waals surface area contributed by atoms with Gasteiger partial charge in [-0.25, -0.2) is 15.0 Å². The van der Waals surface area contributed by atoms with Gasteiger partial charge in [0.25, 0.3) is 0 Å². The third-order valence-corrected chi connectivity index (χ3v) is 4.06. The van der Waals surface area contributed by atoms with Crippen LogP contribution in [-0.2, 0) is 9.53 Å². The molecule has 3 rings (SSSR count). The lowest BCUT2D eigenvalue weighted by Gasteiger charge is -2.32. The number of hydrogen-bond acceptors (Lipinski definition) is 5. The summed E-state index contributed by atoms with van der Waals surface area (Å²) in [5, 5.41) is 0. The van der Waals surface area contributed by atoms with Crippen LogP contribution in [0.2, 0.25) is 0 Å². The molecule has 0 bridgehead atoms. The summed E-state index contributed by atoms with van der Waals surface area (Å²) < 4.78 is 4.96. The molecule has 0 saturated carbocycles. The van der Waals surface area contributed by atoms with Crippen molar-refractivity contribution in [2.24, 2.45) is 0 Å². The number of imidazole rings is 1. The first kappa shape index (κ1) is 15.6. The SMILES string of the molecule is COCC(=O)N1CCC[C@@H](c2cc(-c3ncc[nH]3)nc(C)n2)C1. The third-order valence-electron chi connectivity index (χ3n) is 4.06. The zero-order valence-electron chi connectivity index (χ0n) is 13.5. The maximum absolute atomic E-state index is 12.0. The zero-order valence-corrected chi connectivity index (χ0v) is 13.5. The van der Waals surface area contributed by atoms with Crippen molar-refractivity contribution in [3.05, 3.63) is 30.0 Å². The second-order valence-corrected chi connectivity index (χ2v) is 5.77. The van der Waals surface area contributed by atoms with Gasteiger partial charge in [-0.15, -0.1) is 0 Å². The standard InChI is InChI=1S/C16H21N5O2/c1-11-19-13(8-14(20-11)16-17-5-6-18-16)12-4-3-7-21(9-12)15(22)10-23-2/h5-6,8,12H,3-4,7,9-10H2,1-2H3,(H,17,18)/t12-/m1/s1. The van der Waals surface area contributed by atoms with E-state index >= 15 is 0 Å². The van der Waals surface area contributed by atoms with Gasteiger partial charge in [0.15, 0.2) is 5.82 Å². The minimum Gasteiger partial charge on any atom is -0.375 e. The molecule has 0 aromatic carbocycles. The molecule has 1 fully saturated rings. The minimum atomic E-state index is 0.0363. The molecule has 7 nitrogen and oxygen atoms in total. The van der Waals surface area contributed by atoms with E-state index in [0.717, 1.165) is 36.6 Å². The van der Waals surface area contributed by atoms with Crippen LogP contribution in [0.25, 0.3) is 11.5 Å². The predicted molar refractivity (Wildman–Crippen MR) is 84.8 cm³/mol. The van der Waals surface area contributed by atoms with Crippen LogP contribution < -0.4 is 0 Å². The number of nitrogens with zero attached hydrogens (tertiary/aromatic N) is 4. The topological polar surface area (TPSA) is 84.0 Å². The van der Waals surface area contributed by atoms with Crippen molar-refractivity contribution >= 4 is 5.91 Å². The highest BCUT2D eigenvalue weighted by Gasteiger charge is 2.26. The third kappa shape index (κ3) is 3.56. The molecule has 1 aliphatic rings. The molecular formula is C16H21N5O2. The highest BCUT2D eigenvalue weighted by atomic mass is 16.5. The molecule has 7 heteroatoms. The fraction of sp³-hybridized carbons (Fsp3) is 0.500. The van der Waals surface area contributed by atoms with Gasteiger partial charge >= 0.3 is 0 Å². The Bertz CT molecular complexity index is 671. The first-order chi connectivity index (χ1) is 11.2. The van der Waals surface area contributed by atoms with Crippen LogP contribution >= 0.6 is 0 Å². The number of aryl methyl sites for hydroxylation is 1. The van der Waals surface area contributed by atoms with Gasteiger partial charge in [0.1, 0.15) is 18.1 Å². The number of nitrogens with one attached hydrogen (secondary N) is 1. The molecule has 0 radical (unpaired) electrons. The Labute approximate surface area is 135 Å². The number of carbonyl (C=O) groups is 1. The van der Waals surface area contributed by atoms with E-state index in [1.165, 1.54) is 0 Å². The summed E-state index contributed by atoms with van der Waals surface area (Å²) in [6, 6.07) is 1.97.